The van der Waals surface area contributed by atoms with Gasteiger partial charge in [-0.25, -0.2) is 18.8 Å². The van der Waals surface area contributed by atoms with Gasteiger partial charge in [-0.15, -0.1) is 0 Å². The molecule has 4 aromatic carbocycles. The largest absolute Gasteiger partial charge is 0.330 e. The van der Waals surface area contributed by atoms with E-state index in [9.17, 15) is 18.4 Å². The highest BCUT2D eigenvalue weighted by Crippen LogP contribution is 2.58. The average Bonchev–Trinajstić information content (AvgIpc) is 3.77. The highest BCUT2D eigenvalue weighted by atomic mass is 32.2. The van der Waals surface area contributed by atoms with Gasteiger partial charge in [0.2, 0.25) is 11.8 Å². The Balaban J connectivity index is 0.000000167. The maximum Gasteiger partial charge on any atom is 0.241 e. The molecule has 0 unspecified atom stereocenters. The second-order valence-corrected chi connectivity index (χ2v) is 16.5. The summed E-state index contributed by atoms with van der Waals surface area (Å²) in [5, 5.41) is 13.9. The SMILES string of the molecule is CC(=O)N1N=C(c2cccc(F)c2)S[C@@]12c1ccccc1CC[C@@H]2CCN.CC(=O)N1N=C(c2cccc(F)c2)S[C@]12c1ccccc1CC[C@H]2CCN. The van der Waals surface area contributed by atoms with Crippen molar-refractivity contribution in [3.63, 3.8) is 0 Å². The molecule has 2 aliphatic heterocycles. The standard InChI is InChI=1S/2C21H22FN3OS/c2*1-14(26)25-21(27-20(24-25)16-6-4-7-18(22)13-16)17(11-12-23)10-9-15-5-2-3-8-19(15)21/h2*2-8,13,17H,9-12,23H2,1H3/t2*17-,21+/m10/s1. The minimum absolute atomic E-state index is 0.118. The van der Waals surface area contributed by atoms with Gasteiger partial charge in [0.15, 0.2) is 0 Å². The van der Waals surface area contributed by atoms with E-state index in [1.807, 2.05) is 36.4 Å². The number of hydrazone groups is 2. The Morgan fingerprint density at radius 2 is 1.07 bits per heavy atom. The molecule has 280 valence electrons. The van der Waals surface area contributed by atoms with Crippen molar-refractivity contribution < 1.29 is 18.4 Å². The molecule has 4 N–H and O–H groups in total. The van der Waals surface area contributed by atoms with Crippen molar-refractivity contribution in [1.29, 1.82) is 0 Å². The molecule has 4 aliphatic rings. The molecule has 0 saturated carbocycles. The summed E-state index contributed by atoms with van der Waals surface area (Å²) in [6.45, 7) is 4.18. The van der Waals surface area contributed by atoms with Crippen LogP contribution in [0.1, 0.15) is 72.9 Å². The second kappa shape index (κ2) is 15.8. The average molecular weight is 767 g/mol. The number of aryl methyl sites for hydroxylation is 2. The molecule has 8 rings (SSSR count). The highest BCUT2D eigenvalue weighted by Gasteiger charge is 2.56. The van der Waals surface area contributed by atoms with Crippen LogP contribution < -0.4 is 11.5 Å². The number of fused-ring (bicyclic) bond motifs is 4. The van der Waals surface area contributed by atoms with E-state index >= 15 is 0 Å². The van der Waals surface area contributed by atoms with Crippen molar-refractivity contribution >= 4 is 45.4 Å². The summed E-state index contributed by atoms with van der Waals surface area (Å²) in [6, 6.07) is 29.2. The first-order valence-corrected chi connectivity index (χ1v) is 20.0. The molecular formula is C42H44F2N6O2S2. The quantitative estimate of drug-likeness (QED) is 0.208. The minimum atomic E-state index is -0.623. The molecule has 0 aromatic heterocycles. The van der Waals surface area contributed by atoms with Crippen LogP contribution in [-0.4, -0.2) is 45.0 Å². The molecule has 2 heterocycles. The third-order valence-corrected chi connectivity index (χ3v) is 13.8. The first-order chi connectivity index (χ1) is 26.1. The molecular weight excluding hydrogens is 723 g/mol. The molecule has 4 atom stereocenters. The number of benzene rings is 4. The van der Waals surface area contributed by atoms with Crippen LogP contribution in [0.4, 0.5) is 8.78 Å². The monoisotopic (exact) mass is 766 g/mol. The van der Waals surface area contributed by atoms with Crippen LogP contribution in [-0.2, 0) is 32.2 Å². The van der Waals surface area contributed by atoms with Crippen molar-refractivity contribution in [3.8, 4) is 0 Å². The van der Waals surface area contributed by atoms with Gasteiger partial charge >= 0.3 is 0 Å². The Bertz CT molecular complexity index is 1980. The zero-order valence-corrected chi connectivity index (χ0v) is 32.0. The Morgan fingerprint density at radius 3 is 1.44 bits per heavy atom. The topological polar surface area (TPSA) is 117 Å². The first-order valence-electron chi connectivity index (χ1n) is 18.4. The Morgan fingerprint density at radius 1 is 0.667 bits per heavy atom. The Labute approximate surface area is 323 Å². The fraction of sp³-hybridized carbons (Fsp3) is 0.333. The van der Waals surface area contributed by atoms with Gasteiger partial charge < -0.3 is 11.5 Å². The third kappa shape index (κ3) is 6.78. The fourth-order valence-corrected chi connectivity index (χ4v) is 11.7. The lowest BCUT2D eigenvalue weighted by Gasteiger charge is -2.45. The van der Waals surface area contributed by atoms with Gasteiger partial charge in [0, 0.05) is 25.0 Å². The number of nitrogens with two attached hydrogens (primary N) is 2. The predicted molar refractivity (Wildman–Crippen MR) is 213 cm³/mol. The fourth-order valence-electron chi connectivity index (χ4n) is 8.44. The van der Waals surface area contributed by atoms with Gasteiger partial charge in [-0.2, -0.15) is 10.2 Å². The van der Waals surface area contributed by atoms with Gasteiger partial charge in [-0.3, -0.25) is 9.59 Å². The van der Waals surface area contributed by atoms with Crippen molar-refractivity contribution in [1.82, 2.24) is 10.0 Å². The van der Waals surface area contributed by atoms with Crippen LogP contribution in [0.15, 0.2) is 107 Å². The zero-order chi connectivity index (χ0) is 38.0. The van der Waals surface area contributed by atoms with E-state index in [2.05, 4.69) is 34.5 Å². The lowest BCUT2D eigenvalue weighted by Crippen LogP contribution is -2.49. The van der Waals surface area contributed by atoms with E-state index in [0.29, 0.717) is 34.3 Å². The van der Waals surface area contributed by atoms with E-state index in [1.54, 1.807) is 45.7 Å². The summed E-state index contributed by atoms with van der Waals surface area (Å²) >= 11 is 3.11. The maximum absolute atomic E-state index is 13.8. The first kappa shape index (κ1) is 37.9. The van der Waals surface area contributed by atoms with E-state index in [0.717, 1.165) is 49.7 Å². The van der Waals surface area contributed by atoms with E-state index in [4.69, 9.17) is 11.5 Å². The second-order valence-electron chi connectivity index (χ2n) is 14.0. The van der Waals surface area contributed by atoms with E-state index < -0.39 is 9.74 Å². The number of hydrogen-bond acceptors (Lipinski definition) is 8. The van der Waals surface area contributed by atoms with E-state index in [1.165, 1.54) is 49.2 Å². The number of amides is 2. The smallest absolute Gasteiger partial charge is 0.241 e. The van der Waals surface area contributed by atoms with Crippen LogP contribution >= 0.6 is 23.5 Å². The number of rotatable bonds is 6. The minimum Gasteiger partial charge on any atom is -0.330 e. The molecule has 54 heavy (non-hydrogen) atoms. The molecule has 4 aromatic rings. The van der Waals surface area contributed by atoms with Crippen LogP contribution in [0, 0.1) is 23.5 Å². The van der Waals surface area contributed by atoms with Gasteiger partial charge in [0.1, 0.15) is 31.5 Å². The van der Waals surface area contributed by atoms with Crippen LogP contribution in [0.25, 0.3) is 0 Å². The van der Waals surface area contributed by atoms with Gasteiger partial charge in [0.25, 0.3) is 0 Å². The molecule has 8 nitrogen and oxygen atoms in total. The number of carbonyl (C=O) groups is 2. The summed E-state index contributed by atoms with van der Waals surface area (Å²) in [5.74, 6) is -0.496. The lowest BCUT2D eigenvalue weighted by atomic mass is 9.77. The lowest BCUT2D eigenvalue weighted by molar-refractivity contribution is -0.135. The van der Waals surface area contributed by atoms with Crippen LogP contribution in [0.2, 0.25) is 0 Å². The summed E-state index contributed by atoms with van der Waals surface area (Å²) in [6.07, 6.45) is 5.41. The van der Waals surface area contributed by atoms with Gasteiger partial charge in [-0.1, -0.05) is 96.3 Å². The number of carbonyl (C=O) groups excluding carboxylic acids is 2. The number of halogens is 2. The normalized spacial score (nSPS) is 24.0. The molecule has 0 saturated heterocycles. The Hall–Kier alpha value is -4.36. The van der Waals surface area contributed by atoms with E-state index in [-0.39, 0.29) is 35.3 Å². The molecule has 2 spiro atoms. The predicted octanol–water partition coefficient (Wildman–Crippen LogP) is 7.69. The van der Waals surface area contributed by atoms with Crippen molar-refractivity contribution in [2.75, 3.05) is 13.1 Å². The zero-order valence-electron chi connectivity index (χ0n) is 30.4. The summed E-state index contributed by atoms with van der Waals surface area (Å²) in [5.41, 5.74) is 17.9. The van der Waals surface area contributed by atoms with Gasteiger partial charge in [0.05, 0.1) is 0 Å². The summed E-state index contributed by atoms with van der Waals surface area (Å²) in [4.78, 5) is 24.0. The summed E-state index contributed by atoms with van der Waals surface area (Å²) < 4.78 is 27.6. The van der Waals surface area contributed by atoms with Crippen molar-refractivity contribution in [2.45, 2.75) is 62.1 Å². The third-order valence-electron chi connectivity index (χ3n) is 10.7. The molecule has 2 amide bonds. The van der Waals surface area contributed by atoms with Crippen molar-refractivity contribution in [3.05, 3.63) is 142 Å². The number of thioether (sulfide) groups is 2. The molecule has 12 heteroatoms. The maximum atomic E-state index is 13.8. The highest BCUT2D eigenvalue weighted by molar-refractivity contribution is 8.15. The Kier molecular flexibility index (Phi) is 11.1. The molecule has 0 radical (unpaired) electrons. The molecule has 0 fully saturated rings. The number of hydrogen-bond donors (Lipinski definition) is 2. The number of nitrogens with zero attached hydrogens (tertiary/aromatic N) is 4. The molecule has 0 bridgehead atoms. The van der Waals surface area contributed by atoms with Crippen LogP contribution in [0.5, 0.6) is 0 Å². The van der Waals surface area contributed by atoms with Crippen molar-refractivity contribution in [2.24, 2.45) is 33.5 Å². The van der Waals surface area contributed by atoms with Gasteiger partial charge in [-0.05, 0) is 110 Å². The van der Waals surface area contributed by atoms with Crippen LogP contribution in [0.3, 0.4) is 0 Å². The summed E-state index contributed by atoms with van der Waals surface area (Å²) in [7, 11) is 0. The molecule has 2 aliphatic carbocycles.